The van der Waals surface area contributed by atoms with Crippen LogP contribution in [0.15, 0.2) is 30.3 Å². The van der Waals surface area contributed by atoms with E-state index >= 15 is 0 Å². The molecule has 0 aromatic heterocycles. The normalized spacial score (nSPS) is 10.8. The van der Waals surface area contributed by atoms with Gasteiger partial charge in [-0.3, -0.25) is 10.1 Å². The molecule has 0 aliphatic rings. The molecule has 1 amide bonds. The molecule has 0 aliphatic carbocycles. The molecule has 0 fully saturated rings. The lowest BCUT2D eigenvalue weighted by Crippen LogP contribution is -2.43. The molecule has 0 aliphatic heterocycles. The fourth-order valence-corrected chi connectivity index (χ4v) is 1.15. The SMILES string of the molecule is O=C(NC(=S)NCC(F)(F)F)c1ccccc1. The number of benzene rings is 1. The number of carbonyl (C=O) groups excluding carboxylic acids is 1. The van der Waals surface area contributed by atoms with Crippen molar-refractivity contribution in [2.24, 2.45) is 0 Å². The van der Waals surface area contributed by atoms with Gasteiger partial charge < -0.3 is 5.32 Å². The van der Waals surface area contributed by atoms with Crippen LogP contribution in [-0.4, -0.2) is 23.7 Å². The number of hydrogen-bond acceptors (Lipinski definition) is 2. The van der Waals surface area contributed by atoms with Crippen molar-refractivity contribution in [2.75, 3.05) is 6.54 Å². The van der Waals surface area contributed by atoms with Crippen molar-refractivity contribution in [2.45, 2.75) is 6.18 Å². The Kier molecular flexibility index (Phi) is 4.45. The summed E-state index contributed by atoms with van der Waals surface area (Å²) in [5, 5.41) is 3.70. The van der Waals surface area contributed by atoms with Crippen LogP contribution in [0.4, 0.5) is 13.2 Å². The topological polar surface area (TPSA) is 41.1 Å². The molecular weight excluding hydrogens is 253 g/mol. The summed E-state index contributed by atoms with van der Waals surface area (Å²) in [4.78, 5) is 11.5. The van der Waals surface area contributed by atoms with E-state index in [1.54, 1.807) is 18.2 Å². The number of halogens is 3. The van der Waals surface area contributed by atoms with Gasteiger partial charge in [-0.25, -0.2) is 0 Å². The number of alkyl halides is 3. The summed E-state index contributed by atoms with van der Waals surface area (Å²) in [6.45, 7) is -1.28. The van der Waals surface area contributed by atoms with Crippen molar-refractivity contribution in [1.82, 2.24) is 10.6 Å². The van der Waals surface area contributed by atoms with Crippen molar-refractivity contribution in [3.05, 3.63) is 35.9 Å². The van der Waals surface area contributed by atoms with Gasteiger partial charge in [0.25, 0.3) is 5.91 Å². The fourth-order valence-electron chi connectivity index (χ4n) is 0.990. The van der Waals surface area contributed by atoms with Crippen LogP contribution < -0.4 is 10.6 Å². The maximum Gasteiger partial charge on any atom is 0.405 e. The number of hydrogen-bond donors (Lipinski definition) is 2. The molecule has 2 N–H and O–H groups in total. The quantitative estimate of drug-likeness (QED) is 0.799. The third-order valence-corrected chi connectivity index (χ3v) is 1.96. The Morgan fingerprint density at radius 1 is 1.24 bits per heavy atom. The second-order valence-corrected chi connectivity index (χ2v) is 3.53. The minimum Gasteiger partial charge on any atom is -0.353 e. The molecule has 3 nitrogen and oxygen atoms in total. The highest BCUT2D eigenvalue weighted by atomic mass is 32.1. The van der Waals surface area contributed by atoms with Crippen LogP contribution in [0.3, 0.4) is 0 Å². The van der Waals surface area contributed by atoms with Gasteiger partial charge in [0.2, 0.25) is 0 Å². The summed E-state index contributed by atoms with van der Waals surface area (Å²) in [7, 11) is 0. The zero-order valence-electron chi connectivity index (χ0n) is 8.54. The van der Waals surface area contributed by atoms with E-state index in [-0.39, 0.29) is 5.11 Å². The monoisotopic (exact) mass is 262 g/mol. The van der Waals surface area contributed by atoms with Gasteiger partial charge in [0.15, 0.2) is 5.11 Å². The Hall–Kier alpha value is -1.63. The molecule has 1 aromatic rings. The average Bonchev–Trinajstić information content (AvgIpc) is 2.27. The van der Waals surface area contributed by atoms with Crippen LogP contribution >= 0.6 is 12.2 Å². The number of rotatable bonds is 2. The molecule has 1 aromatic carbocycles. The smallest absolute Gasteiger partial charge is 0.353 e. The summed E-state index contributed by atoms with van der Waals surface area (Å²) in [5.41, 5.74) is 0.323. The Labute approximate surface area is 101 Å². The Morgan fingerprint density at radius 3 is 2.35 bits per heavy atom. The number of carbonyl (C=O) groups is 1. The third kappa shape index (κ3) is 5.30. The number of amides is 1. The second kappa shape index (κ2) is 5.62. The molecular formula is C10H9F3N2OS. The molecule has 0 saturated heterocycles. The van der Waals surface area contributed by atoms with Gasteiger partial charge in [0, 0.05) is 5.56 Å². The molecule has 92 valence electrons. The first kappa shape index (κ1) is 13.4. The molecule has 0 atom stereocenters. The van der Waals surface area contributed by atoms with Crippen LogP contribution in [-0.2, 0) is 0 Å². The molecule has 0 bridgehead atoms. The lowest BCUT2D eigenvalue weighted by atomic mass is 10.2. The van der Waals surface area contributed by atoms with Crippen molar-refractivity contribution in [1.29, 1.82) is 0 Å². The van der Waals surface area contributed by atoms with Gasteiger partial charge in [-0.2, -0.15) is 13.2 Å². The summed E-state index contributed by atoms with van der Waals surface area (Å²) < 4.78 is 35.5. The Morgan fingerprint density at radius 2 is 1.82 bits per heavy atom. The summed E-state index contributed by atoms with van der Waals surface area (Å²) in [6.07, 6.45) is -4.37. The van der Waals surface area contributed by atoms with E-state index in [2.05, 4.69) is 17.5 Å². The first-order chi connectivity index (χ1) is 7.88. The first-order valence-electron chi connectivity index (χ1n) is 4.59. The lowest BCUT2D eigenvalue weighted by molar-refractivity contribution is -0.122. The summed E-state index contributed by atoms with van der Waals surface area (Å²) in [6, 6.07) is 8.06. The first-order valence-corrected chi connectivity index (χ1v) is 5.00. The highest BCUT2D eigenvalue weighted by molar-refractivity contribution is 7.80. The molecule has 0 saturated carbocycles. The van der Waals surface area contributed by atoms with E-state index < -0.39 is 18.6 Å². The molecule has 17 heavy (non-hydrogen) atoms. The maximum absolute atomic E-state index is 11.8. The van der Waals surface area contributed by atoms with Gasteiger partial charge in [-0.1, -0.05) is 18.2 Å². The zero-order valence-corrected chi connectivity index (χ0v) is 9.36. The van der Waals surface area contributed by atoms with Crippen LogP contribution in [0, 0.1) is 0 Å². The van der Waals surface area contributed by atoms with Crippen LogP contribution in [0.5, 0.6) is 0 Å². The van der Waals surface area contributed by atoms with E-state index in [1.165, 1.54) is 12.1 Å². The lowest BCUT2D eigenvalue weighted by Gasteiger charge is -2.11. The second-order valence-electron chi connectivity index (χ2n) is 3.12. The average molecular weight is 262 g/mol. The van der Waals surface area contributed by atoms with Gasteiger partial charge >= 0.3 is 6.18 Å². The van der Waals surface area contributed by atoms with Crippen LogP contribution in [0.1, 0.15) is 10.4 Å². The van der Waals surface area contributed by atoms with Gasteiger partial charge in [-0.05, 0) is 24.4 Å². The van der Waals surface area contributed by atoms with Crippen molar-refractivity contribution < 1.29 is 18.0 Å². The molecule has 0 spiro atoms. The van der Waals surface area contributed by atoms with E-state index in [4.69, 9.17) is 0 Å². The minimum absolute atomic E-state index is 0.323. The van der Waals surface area contributed by atoms with E-state index in [0.29, 0.717) is 5.56 Å². The largest absolute Gasteiger partial charge is 0.405 e. The highest BCUT2D eigenvalue weighted by Crippen LogP contribution is 2.11. The van der Waals surface area contributed by atoms with Crippen molar-refractivity contribution in [3.63, 3.8) is 0 Å². The van der Waals surface area contributed by atoms with Gasteiger partial charge in [0.1, 0.15) is 6.54 Å². The highest BCUT2D eigenvalue weighted by Gasteiger charge is 2.27. The van der Waals surface area contributed by atoms with Gasteiger partial charge in [0.05, 0.1) is 0 Å². The van der Waals surface area contributed by atoms with Crippen molar-refractivity contribution in [3.8, 4) is 0 Å². The third-order valence-electron chi connectivity index (χ3n) is 1.71. The molecule has 1 rings (SSSR count). The van der Waals surface area contributed by atoms with Crippen LogP contribution in [0.25, 0.3) is 0 Å². The zero-order chi connectivity index (χ0) is 12.9. The van der Waals surface area contributed by atoms with E-state index in [0.717, 1.165) is 0 Å². The summed E-state index contributed by atoms with van der Waals surface area (Å²) >= 11 is 4.56. The summed E-state index contributed by atoms with van der Waals surface area (Å²) in [5.74, 6) is -0.551. The maximum atomic E-state index is 11.8. The van der Waals surface area contributed by atoms with Crippen LogP contribution in [0.2, 0.25) is 0 Å². The fraction of sp³-hybridized carbons (Fsp3) is 0.200. The minimum atomic E-state index is -4.37. The standard InChI is InChI=1S/C10H9F3N2OS/c11-10(12,13)6-14-9(17)15-8(16)7-4-2-1-3-5-7/h1-5H,6H2,(H2,14,15,16,17). The predicted octanol–water partition coefficient (Wildman–Crippen LogP) is 1.85. The number of thiocarbonyl (C=S) groups is 1. The number of nitrogens with one attached hydrogen (secondary N) is 2. The molecule has 0 heterocycles. The van der Waals surface area contributed by atoms with E-state index in [1.807, 2.05) is 5.32 Å². The van der Waals surface area contributed by atoms with E-state index in [9.17, 15) is 18.0 Å². The van der Waals surface area contributed by atoms with Crippen molar-refractivity contribution >= 4 is 23.2 Å². The Balaban J connectivity index is 2.45. The predicted molar refractivity (Wildman–Crippen MR) is 60.6 cm³/mol. The van der Waals surface area contributed by atoms with Gasteiger partial charge in [-0.15, -0.1) is 0 Å². The Bertz CT molecular complexity index is 406. The molecule has 7 heteroatoms. The molecule has 0 radical (unpaired) electrons. The molecule has 0 unspecified atom stereocenters.